The summed E-state index contributed by atoms with van der Waals surface area (Å²) in [5.41, 5.74) is 3.46. The molecule has 3 N–H and O–H groups in total. The molecule has 1 unspecified atom stereocenters. The van der Waals surface area contributed by atoms with Crippen LogP contribution in [-0.4, -0.2) is 48.1 Å². The van der Waals surface area contributed by atoms with Crippen LogP contribution in [-0.2, 0) is 11.2 Å². The molecule has 0 amide bonds. The van der Waals surface area contributed by atoms with E-state index in [1.54, 1.807) is 25.1 Å². The number of halogens is 1. The zero-order valence-electron chi connectivity index (χ0n) is 22.0. The van der Waals surface area contributed by atoms with Crippen molar-refractivity contribution in [2.24, 2.45) is 0 Å². The lowest BCUT2D eigenvalue weighted by atomic mass is 9.93. The maximum absolute atomic E-state index is 13.9. The van der Waals surface area contributed by atoms with Gasteiger partial charge in [0.1, 0.15) is 17.1 Å². The molecule has 0 saturated carbocycles. The highest BCUT2D eigenvalue weighted by atomic mass is 19.1. The Balaban J connectivity index is 1.69. The van der Waals surface area contributed by atoms with Crippen molar-refractivity contribution >= 4 is 5.97 Å². The fourth-order valence-corrected chi connectivity index (χ4v) is 4.37. The SMILES string of the molecule is COc1c(C(=O)O)ccc(-c2ccccc2)c1C(C)OC[C@H](O)CNC(C)(C)Cc1ccc(C)c(F)c1. The number of aromatic carboxylic acids is 1. The van der Waals surface area contributed by atoms with Gasteiger partial charge in [-0.15, -0.1) is 0 Å². The summed E-state index contributed by atoms with van der Waals surface area (Å²) in [7, 11) is 1.44. The maximum Gasteiger partial charge on any atom is 0.339 e. The molecule has 3 aromatic rings. The molecule has 6 nitrogen and oxygen atoms in total. The van der Waals surface area contributed by atoms with Gasteiger partial charge in [0.25, 0.3) is 0 Å². The number of hydrogen-bond acceptors (Lipinski definition) is 5. The smallest absolute Gasteiger partial charge is 0.339 e. The molecule has 0 aromatic heterocycles. The molecule has 198 valence electrons. The van der Waals surface area contributed by atoms with E-state index in [1.807, 2.05) is 57.2 Å². The third-order valence-electron chi connectivity index (χ3n) is 6.36. The number of β-amino-alcohol motifs (C(OH)–C–C–N with tert-alkyl or cyclic N) is 1. The van der Waals surface area contributed by atoms with Gasteiger partial charge in [-0.3, -0.25) is 0 Å². The molecule has 3 rings (SSSR count). The summed E-state index contributed by atoms with van der Waals surface area (Å²) in [5.74, 6) is -1.08. The number of aliphatic hydroxyl groups excluding tert-OH is 1. The maximum atomic E-state index is 13.9. The molecule has 0 fully saturated rings. The van der Waals surface area contributed by atoms with E-state index in [4.69, 9.17) is 9.47 Å². The molecular weight excluding hydrogens is 473 g/mol. The molecule has 7 heteroatoms. The molecule has 0 bridgehead atoms. The largest absolute Gasteiger partial charge is 0.495 e. The van der Waals surface area contributed by atoms with E-state index in [0.717, 1.165) is 16.7 Å². The van der Waals surface area contributed by atoms with Crippen molar-refractivity contribution in [3.63, 3.8) is 0 Å². The van der Waals surface area contributed by atoms with Gasteiger partial charge in [-0.2, -0.15) is 0 Å². The van der Waals surface area contributed by atoms with Gasteiger partial charge in [0.05, 0.1) is 25.9 Å². The number of carboxylic acid groups (broad SMARTS) is 1. The van der Waals surface area contributed by atoms with Crippen LogP contribution in [0.25, 0.3) is 11.1 Å². The number of aliphatic hydroxyl groups is 1. The summed E-state index contributed by atoms with van der Waals surface area (Å²) in [4.78, 5) is 11.8. The minimum absolute atomic E-state index is 0.0259. The Kier molecular flexibility index (Phi) is 9.43. The van der Waals surface area contributed by atoms with Gasteiger partial charge < -0.3 is 25.0 Å². The monoisotopic (exact) mass is 509 g/mol. The number of carbonyl (C=O) groups is 1. The van der Waals surface area contributed by atoms with Crippen LogP contribution in [0.1, 0.15) is 53.9 Å². The Hall–Kier alpha value is -3.26. The van der Waals surface area contributed by atoms with Gasteiger partial charge in [0, 0.05) is 17.6 Å². The quantitative estimate of drug-likeness (QED) is 0.296. The van der Waals surface area contributed by atoms with Crippen LogP contribution in [0.5, 0.6) is 5.75 Å². The van der Waals surface area contributed by atoms with E-state index in [2.05, 4.69) is 5.32 Å². The summed E-state index contributed by atoms with van der Waals surface area (Å²) in [6, 6.07) is 18.1. The van der Waals surface area contributed by atoms with Crippen LogP contribution in [0.2, 0.25) is 0 Å². The Morgan fingerprint density at radius 2 is 1.81 bits per heavy atom. The van der Waals surface area contributed by atoms with E-state index in [-0.39, 0.29) is 35.8 Å². The Morgan fingerprint density at radius 3 is 2.43 bits per heavy atom. The lowest BCUT2D eigenvalue weighted by Crippen LogP contribution is -2.46. The van der Waals surface area contributed by atoms with Crippen LogP contribution >= 0.6 is 0 Å². The lowest BCUT2D eigenvalue weighted by Gasteiger charge is -2.29. The fraction of sp³-hybridized carbons (Fsp3) is 0.367. The molecular formula is C30H36FNO5. The van der Waals surface area contributed by atoms with E-state index >= 15 is 0 Å². The predicted octanol–water partition coefficient (Wildman–Crippen LogP) is 5.56. The molecule has 0 spiro atoms. The summed E-state index contributed by atoms with van der Waals surface area (Å²) in [5, 5.41) is 23.6. The van der Waals surface area contributed by atoms with E-state index in [0.29, 0.717) is 17.5 Å². The molecule has 37 heavy (non-hydrogen) atoms. The Bertz CT molecular complexity index is 1210. The van der Waals surface area contributed by atoms with E-state index in [9.17, 15) is 19.4 Å². The van der Waals surface area contributed by atoms with Gasteiger partial charge in [-0.1, -0.05) is 48.5 Å². The van der Waals surface area contributed by atoms with Crippen molar-refractivity contribution in [2.45, 2.75) is 51.9 Å². The lowest BCUT2D eigenvalue weighted by molar-refractivity contribution is -0.00479. The number of aryl methyl sites for hydroxylation is 1. The van der Waals surface area contributed by atoms with Gasteiger partial charge in [0.15, 0.2) is 0 Å². The first-order valence-corrected chi connectivity index (χ1v) is 12.3. The number of hydrogen-bond donors (Lipinski definition) is 3. The highest BCUT2D eigenvalue weighted by molar-refractivity contribution is 5.93. The number of benzene rings is 3. The molecule has 0 aliphatic rings. The summed E-state index contributed by atoms with van der Waals surface area (Å²) < 4.78 is 25.5. The average Bonchev–Trinajstić information content (AvgIpc) is 2.87. The zero-order valence-corrected chi connectivity index (χ0v) is 22.0. The summed E-state index contributed by atoms with van der Waals surface area (Å²) >= 11 is 0. The normalized spacial score (nSPS) is 13.3. The third kappa shape index (κ3) is 7.38. The van der Waals surface area contributed by atoms with Crippen molar-refractivity contribution in [2.75, 3.05) is 20.3 Å². The molecule has 3 aromatic carbocycles. The van der Waals surface area contributed by atoms with Crippen molar-refractivity contribution in [1.29, 1.82) is 0 Å². The number of nitrogens with one attached hydrogen (secondary N) is 1. The highest BCUT2D eigenvalue weighted by Gasteiger charge is 2.25. The minimum atomic E-state index is -1.09. The number of methoxy groups -OCH3 is 1. The van der Waals surface area contributed by atoms with Crippen LogP contribution in [0.15, 0.2) is 60.7 Å². The molecule has 0 radical (unpaired) electrons. The van der Waals surface area contributed by atoms with Crippen molar-refractivity contribution < 1.29 is 28.9 Å². The van der Waals surface area contributed by atoms with Crippen LogP contribution < -0.4 is 10.1 Å². The highest BCUT2D eigenvalue weighted by Crippen LogP contribution is 2.39. The number of rotatable bonds is 12. The average molecular weight is 510 g/mol. The van der Waals surface area contributed by atoms with Crippen molar-refractivity contribution in [1.82, 2.24) is 5.32 Å². The van der Waals surface area contributed by atoms with Crippen molar-refractivity contribution in [3.05, 3.63) is 88.7 Å². The summed E-state index contributed by atoms with van der Waals surface area (Å²) in [6.07, 6.45) is -0.777. The zero-order chi connectivity index (χ0) is 27.2. The van der Waals surface area contributed by atoms with Gasteiger partial charge in [-0.05, 0) is 68.5 Å². The molecule has 0 saturated heterocycles. The standard InChI is InChI=1S/C30H36FNO5/c1-19-11-12-21(15-26(19)31)16-30(3,4)32-17-23(33)18-37-20(2)27-24(22-9-7-6-8-10-22)13-14-25(29(34)35)28(27)36-5/h6-15,20,23,32-33H,16-18H2,1-5H3,(H,34,35)/t20?,23-/m1/s1. The predicted molar refractivity (Wildman–Crippen MR) is 143 cm³/mol. The third-order valence-corrected chi connectivity index (χ3v) is 6.36. The van der Waals surface area contributed by atoms with Gasteiger partial charge in [-0.25, -0.2) is 9.18 Å². The minimum Gasteiger partial charge on any atom is -0.495 e. The second kappa shape index (κ2) is 12.3. The number of ether oxygens (including phenoxy) is 2. The van der Waals surface area contributed by atoms with Crippen LogP contribution in [0.4, 0.5) is 4.39 Å². The van der Waals surface area contributed by atoms with E-state index < -0.39 is 18.2 Å². The van der Waals surface area contributed by atoms with Crippen molar-refractivity contribution in [3.8, 4) is 16.9 Å². The van der Waals surface area contributed by atoms with Gasteiger partial charge >= 0.3 is 5.97 Å². The first-order chi connectivity index (χ1) is 17.5. The van der Waals surface area contributed by atoms with Crippen LogP contribution in [0, 0.1) is 12.7 Å². The Labute approximate surface area is 218 Å². The summed E-state index contributed by atoms with van der Waals surface area (Å²) in [6.45, 7) is 7.83. The topological polar surface area (TPSA) is 88.0 Å². The molecule has 0 aliphatic heterocycles. The number of carboxylic acids is 1. The second-order valence-electron chi connectivity index (χ2n) is 9.93. The Morgan fingerprint density at radius 1 is 1.11 bits per heavy atom. The first-order valence-electron chi connectivity index (χ1n) is 12.3. The molecule has 0 aliphatic carbocycles. The molecule has 2 atom stereocenters. The van der Waals surface area contributed by atoms with E-state index in [1.165, 1.54) is 13.2 Å². The fourth-order valence-electron chi connectivity index (χ4n) is 4.37. The first kappa shape index (κ1) is 28.3. The van der Waals surface area contributed by atoms with Crippen LogP contribution in [0.3, 0.4) is 0 Å². The second-order valence-corrected chi connectivity index (χ2v) is 9.93. The van der Waals surface area contributed by atoms with Gasteiger partial charge in [0.2, 0.25) is 0 Å². The molecule has 0 heterocycles.